The van der Waals surface area contributed by atoms with Gasteiger partial charge in [0.1, 0.15) is 30.1 Å². The van der Waals surface area contributed by atoms with E-state index in [4.69, 9.17) is 4.74 Å². The molecule has 0 aliphatic carbocycles. The minimum Gasteiger partial charge on any atom is -0.491 e. The van der Waals surface area contributed by atoms with Gasteiger partial charge in [-0.1, -0.05) is 12.1 Å². The van der Waals surface area contributed by atoms with Crippen molar-refractivity contribution in [3.05, 3.63) is 41.5 Å². The topological polar surface area (TPSA) is 96.6 Å². The number of halogens is 1. The molecule has 2 atom stereocenters. The molecular formula is C20H31IN6O2. The summed E-state index contributed by atoms with van der Waals surface area (Å²) in [5, 5.41) is 21.3. The van der Waals surface area contributed by atoms with Crippen molar-refractivity contribution >= 4 is 29.9 Å². The Hall–Kier alpha value is -1.88. The smallest absolute Gasteiger partial charge is 0.191 e. The summed E-state index contributed by atoms with van der Waals surface area (Å²) in [7, 11) is 0. The second-order valence-electron chi connectivity index (χ2n) is 7.08. The molecule has 2 heterocycles. The molecule has 0 fully saturated rings. The number of guanidine groups is 1. The zero-order valence-electron chi connectivity index (χ0n) is 17.3. The van der Waals surface area contributed by atoms with Gasteiger partial charge in [0.15, 0.2) is 5.96 Å². The summed E-state index contributed by atoms with van der Waals surface area (Å²) in [6.45, 7) is 8.02. The first-order valence-corrected chi connectivity index (χ1v) is 9.89. The van der Waals surface area contributed by atoms with Crippen LogP contribution in [0.5, 0.6) is 5.75 Å². The van der Waals surface area contributed by atoms with E-state index in [0.29, 0.717) is 5.96 Å². The highest BCUT2D eigenvalue weighted by molar-refractivity contribution is 14.0. The quantitative estimate of drug-likeness (QED) is 0.298. The number of aliphatic imine (C=N–C) groups is 1. The lowest BCUT2D eigenvalue weighted by Gasteiger charge is -2.25. The maximum Gasteiger partial charge on any atom is 0.191 e. The van der Waals surface area contributed by atoms with Crippen molar-refractivity contribution in [1.29, 1.82) is 0 Å². The fourth-order valence-corrected chi connectivity index (χ4v) is 3.24. The van der Waals surface area contributed by atoms with E-state index in [1.165, 1.54) is 0 Å². The first-order chi connectivity index (χ1) is 13.5. The van der Waals surface area contributed by atoms with Gasteiger partial charge in [0, 0.05) is 13.1 Å². The zero-order valence-corrected chi connectivity index (χ0v) is 19.6. The number of aryl methyl sites for hydroxylation is 3. The molecule has 3 N–H and O–H groups in total. The second-order valence-corrected chi connectivity index (χ2v) is 7.08. The summed E-state index contributed by atoms with van der Waals surface area (Å²) in [4.78, 5) is 9.07. The van der Waals surface area contributed by atoms with Crippen LogP contribution in [0.1, 0.15) is 43.0 Å². The zero-order chi connectivity index (χ0) is 19.9. The molecule has 29 heavy (non-hydrogen) atoms. The third kappa shape index (κ3) is 6.84. The molecule has 0 bridgehead atoms. The van der Waals surface area contributed by atoms with Crippen molar-refractivity contribution in [2.75, 3.05) is 19.7 Å². The number of aromatic nitrogens is 3. The molecule has 2 aromatic rings. The Morgan fingerprint density at radius 1 is 1.41 bits per heavy atom. The molecule has 1 aliphatic rings. The van der Waals surface area contributed by atoms with E-state index in [2.05, 4.69) is 25.7 Å². The van der Waals surface area contributed by atoms with E-state index in [-0.39, 0.29) is 43.2 Å². The van der Waals surface area contributed by atoms with E-state index in [9.17, 15) is 5.11 Å². The fourth-order valence-electron chi connectivity index (χ4n) is 3.24. The highest BCUT2D eigenvalue weighted by atomic mass is 127. The summed E-state index contributed by atoms with van der Waals surface area (Å²) in [5.74, 6) is 3.15. The van der Waals surface area contributed by atoms with Crippen molar-refractivity contribution in [3.8, 4) is 5.75 Å². The average molecular weight is 514 g/mol. The number of rotatable bonds is 7. The Bertz CT molecular complexity index is 810. The minimum atomic E-state index is -0.687. The summed E-state index contributed by atoms with van der Waals surface area (Å²) in [6.07, 6.45) is 1.33. The molecule has 0 radical (unpaired) electrons. The molecule has 0 saturated heterocycles. The number of aliphatic hydroxyl groups excluding tert-OH is 1. The van der Waals surface area contributed by atoms with Gasteiger partial charge in [-0.05, 0) is 51.3 Å². The van der Waals surface area contributed by atoms with E-state index < -0.39 is 6.10 Å². The third-order valence-corrected chi connectivity index (χ3v) is 4.53. The Balaban J connectivity index is 0.00000300. The van der Waals surface area contributed by atoms with Crippen LogP contribution >= 0.6 is 24.0 Å². The van der Waals surface area contributed by atoms with E-state index in [1.54, 1.807) is 0 Å². The standard InChI is InChI=1S/C20H30N6O2.HI/c1-4-21-20(24-18-9-6-10-26-19(18)23-15(3)25-26)22-12-16(27)13-28-17-8-5-7-14(2)11-17;/h5,7-8,11,16,18,27H,4,6,9-10,12-13H2,1-3H3,(H2,21,22,24);1H. The van der Waals surface area contributed by atoms with Crippen LogP contribution in [0.15, 0.2) is 29.3 Å². The molecule has 1 aromatic carbocycles. The van der Waals surface area contributed by atoms with Gasteiger partial charge in [0.2, 0.25) is 0 Å². The van der Waals surface area contributed by atoms with Crippen molar-refractivity contribution in [2.24, 2.45) is 4.99 Å². The molecular weight excluding hydrogens is 483 g/mol. The van der Waals surface area contributed by atoms with Crippen molar-refractivity contribution in [3.63, 3.8) is 0 Å². The maximum atomic E-state index is 10.2. The maximum absolute atomic E-state index is 10.2. The van der Waals surface area contributed by atoms with Crippen LogP contribution in [-0.4, -0.2) is 51.6 Å². The van der Waals surface area contributed by atoms with Gasteiger partial charge in [-0.25, -0.2) is 9.67 Å². The second kappa shape index (κ2) is 11.3. The minimum absolute atomic E-state index is 0. The number of nitrogens with one attached hydrogen (secondary N) is 2. The van der Waals surface area contributed by atoms with Gasteiger partial charge in [-0.2, -0.15) is 5.10 Å². The lowest BCUT2D eigenvalue weighted by Crippen LogP contribution is -2.42. The molecule has 0 saturated carbocycles. The number of fused-ring (bicyclic) bond motifs is 1. The van der Waals surface area contributed by atoms with E-state index in [1.807, 2.05) is 49.7 Å². The fraction of sp³-hybridized carbons (Fsp3) is 0.550. The van der Waals surface area contributed by atoms with Crippen LogP contribution in [0.2, 0.25) is 0 Å². The first-order valence-electron chi connectivity index (χ1n) is 9.89. The number of benzene rings is 1. The summed E-state index contributed by atoms with van der Waals surface area (Å²) >= 11 is 0. The molecule has 1 aromatic heterocycles. The van der Waals surface area contributed by atoms with Crippen LogP contribution in [0.25, 0.3) is 0 Å². The summed E-state index contributed by atoms with van der Waals surface area (Å²) < 4.78 is 7.62. The number of aliphatic hydroxyl groups is 1. The normalized spacial score (nSPS) is 17.1. The monoisotopic (exact) mass is 514 g/mol. The van der Waals surface area contributed by atoms with Gasteiger partial charge >= 0.3 is 0 Å². The van der Waals surface area contributed by atoms with Crippen molar-refractivity contribution in [2.45, 2.75) is 52.3 Å². The molecule has 2 unspecified atom stereocenters. The van der Waals surface area contributed by atoms with Crippen LogP contribution in [-0.2, 0) is 6.54 Å². The number of hydrogen-bond acceptors (Lipinski definition) is 5. The van der Waals surface area contributed by atoms with Crippen LogP contribution < -0.4 is 15.4 Å². The van der Waals surface area contributed by atoms with E-state index >= 15 is 0 Å². The summed E-state index contributed by atoms with van der Waals surface area (Å²) in [5.41, 5.74) is 1.12. The Labute approximate surface area is 189 Å². The lowest BCUT2D eigenvalue weighted by atomic mass is 10.1. The largest absolute Gasteiger partial charge is 0.491 e. The van der Waals surface area contributed by atoms with Crippen LogP contribution in [0.4, 0.5) is 0 Å². The van der Waals surface area contributed by atoms with Gasteiger partial charge in [-0.15, -0.1) is 24.0 Å². The molecule has 160 valence electrons. The van der Waals surface area contributed by atoms with Gasteiger partial charge < -0.3 is 20.5 Å². The average Bonchev–Trinajstić information content (AvgIpc) is 3.06. The van der Waals surface area contributed by atoms with Crippen molar-refractivity contribution in [1.82, 2.24) is 25.4 Å². The predicted molar refractivity (Wildman–Crippen MR) is 124 cm³/mol. The first kappa shape index (κ1) is 23.4. The third-order valence-electron chi connectivity index (χ3n) is 4.53. The van der Waals surface area contributed by atoms with Crippen molar-refractivity contribution < 1.29 is 9.84 Å². The lowest BCUT2D eigenvalue weighted by molar-refractivity contribution is 0.114. The molecule has 1 aliphatic heterocycles. The number of nitrogens with zero attached hydrogens (tertiary/aromatic N) is 4. The predicted octanol–water partition coefficient (Wildman–Crippen LogP) is 2.34. The molecule has 3 rings (SSSR count). The molecule has 9 heteroatoms. The molecule has 8 nitrogen and oxygen atoms in total. The van der Waals surface area contributed by atoms with Gasteiger partial charge in [0.25, 0.3) is 0 Å². The Kier molecular flexibility index (Phi) is 9.15. The van der Waals surface area contributed by atoms with Crippen LogP contribution in [0.3, 0.4) is 0 Å². The highest BCUT2D eigenvalue weighted by Gasteiger charge is 2.24. The number of ether oxygens (including phenoxy) is 1. The van der Waals surface area contributed by atoms with Gasteiger partial charge in [0.05, 0.1) is 12.6 Å². The van der Waals surface area contributed by atoms with Crippen LogP contribution in [0, 0.1) is 13.8 Å². The molecule has 0 spiro atoms. The summed E-state index contributed by atoms with van der Waals surface area (Å²) in [6, 6.07) is 7.84. The van der Waals surface area contributed by atoms with E-state index in [0.717, 1.165) is 48.9 Å². The SMILES string of the molecule is CCNC(=NCC(O)COc1cccc(C)c1)NC1CCCn2nc(C)nc21.I. The highest BCUT2D eigenvalue weighted by Crippen LogP contribution is 2.22. The van der Waals surface area contributed by atoms with Gasteiger partial charge in [-0.3, -0.25) is 4.99 Å². The molecule has 0 amide bonds. The Morgan fingerprint density at radius 3 is 3.00 bits per heavy atom. The number of hydrogen-bond donors (Lipinski definition) is 3. The Morgan fingerprint density at radius 2 is 2.24 bits per heavy atom.